The average Bonchev–Trinajstić information content (AvgIpc) is 2.70. The van der Waals surface area contributed by atoms with Crippen molar-refractivity contribution in [3.63, 3.8) is 0 Å². The van der Waals surface area contributed by atoms with Gasteiger partial charge in [0, 0.05) is 25.4 Å². The lowest BCUT2D eigenvalue weighted by Crippen LogP contribution is -2.35. The molecule has 0 aromatic rings. The number of carbonyl (C=O) groups is 3. The van der Waals surface area contributed by atoms with Crippen molar-refractivity contribution >= 4 is 29.3 Å². The van der Waals surface area contributed by atoms with Crippen LogP contribution >= 0.6 is 11.6 Å². The Kier molecular flexibility index (Phi) is 2.65. The molecule has 0 saturated carbocycles. The number of halogens is 1. The number of nitrogens with zero attached hydrogens (tertiary/aromatic N) is 1. The van der Waals surface area contributed by atoms with Gasteiger partial charge in [0.25, 0.3) is 0 Å². The first-order chi connectivity index (χ1) is 7.13. The first-order valence-electron chi connectivity index (χ1n) is 4.82. The Morgan fingerprint density at radius 2 is 1.87 bits per heavy atom. The van der Waals surface area contributed by atoms with Crippen LogP contribution in [0.3, 0.4) is 0 Å². The Hall–Kier alpha value is -1.10. The monoisotopic (exact) mass is 230 g/mol. The van der Waals surface area contributed by atoms with Gasteiger partial charge < -0.3 is 4.90 Å². The summed E-state index contributed by atoms with van der Waals surface area (Å²) >= 11 is 5.46. The van der Waals surface area contributed by atoms with Crippen molar-refractivity contribution in [1.29, 1.82) is 0 Å². The summed E-state index contributed by atoms with van der Waals surface area (Å²) in [5, 5.41) is 2.27. The minimum absolute atomic E-state index is 0.0833. The Morgan fingerprint density at radius 3 is 2.33 bits per heavy atom. The summed E-state index contributed by atoms with van der Waals surface area (Å²) in [5.74, 6) is -1.03. The molecule has 2 aliphatic rings. The molecule has 2 aliphatic heterocycles. The van der Waals surface area contributed by atoms with E-state index >= 15 is 0 Å². The molecule has 2 heterocycles. The smallest absolute Gasteiger partial charge is 0.232 e. The fraction of sp³-hybridized carbons (Fsp3) is 0.667. The summed E-state index contributed by atoms with van der Waals surface area (Å²) in [4.78, 5) is 35.6. The van der Waals surface area contributed by atoms with E-state index in [0.29, 0.717) is 13.1 Å². The van der Waals surface area contributed by atoms with Gasteiger partial charge >= 0.3 is 0 Å². The summed E-state index contributed by atoms with van der Waals surface area (Å²) in [6.45, 7) is 0.690. The van der Waals surface area contributed by atoms with Gasteiger partial charge in [-0.1, -0.05) is 0 Å². The van der Waals surface area contributed by atoms with Crippen molar-refractivity contribution in [3.8, 4) is 0 Å². The van der Waals surface area contributed by atoms with Gasteiger partial charge in [0.1, 0.15) is 0 Å². The molecule has 15 heavy (non-hydrogen) atoms. The summed E-state index contributed by atoms with van der Waals surface area (Å²) < 4.78 is 0. The molecule has 6 heteroatoms. The van der Waals surface area contributed by atoms with E-state index < -0.39 is 0 Å². The van der Waals surface area contributed by atoms with Gasteiger partial charge in [-0.3, -0.25) is 19.7 Å². The molecule has 2 fully saturated rings. The molecule has 0 radical (unpaired) electrons. The molecule has 0 spiro atoms. The molecule has 0 bridgehead atoms. The third kappa shape index (κ3) is 1.71. The van der Waals surface area contributed by atoms with Crippen LogP contribution in [0.2, 0.25) is 0 Å². The van der Waals surface area contributed by atoms with Crippen LogP contribution in [0, 0.1) is 11.8 Å². The minimum Gasteiger partial charge on any atom is -0.341 e. The van der Waals surface area contributed by atoms with E-state index in [1.54, 1.807) is 4.90 Å². The van der Waals surface area contributed by atoms with Crippen molar-refractivity contribution in [2.45, 2.75) is 6.42 Å². The predicted octanol–water partition coefficient (Wildman–Crippen LogP) is -0.654. The molecule has 5 nitrogen and oxygen atoms in total. The Balaban J connectivity index is 2.03. The molecular formula is C9H11ClN2O3. The highest BCUT2D eigenvalue weighted by Gasteiger charge is 2.48. The summed E-state index contributed by atoms with van der Waals surface area (Å²) in [6, 6.07) is 0. The van der Waals surface area contributed by atoms with Crippen LogP contribution in [-0.2, 0) is 14.4 Å². The zero-order valence-electron chi connectivity index (χ0n) is 8.03. The molecule has 3 amide bonds. The normalized spacial score (nSPS) is 29.3. The predicted molar refractivity (Wildman–Crippen MR) is 52.0 cm³/mol. The molecule has 0 aromatic heterocycles. The van der Waals surface area contributed by atoms with Crippen LogP contribution in [-0.4, -0.2) is 41.6 Å². The lowest BCUT2D eigenvalue weighted by atomic mass is 10.00. The number of hydrogen-bond acceptors (Lipinski definition) is 3. The average molecular weight is 231 g/mol. The number of fused-ring (bicyclic) bond motifs is 1. The molecule has 2 rings (SSSR count). The van der Waals surface area contributed by atoms with E-state index in [-0.39, 0.29) is 41.9 Å². The van der Waals surface area contributed by atoms with Gasteiger partial charge in [-0.15, -0.1) is 11.6 Å². The zero-order valence-corrected chi connectivity index (χ0v) is 8.79. The van der Waals surface area contributed by atoms with Gasteiger partial charge in [-0.25, -0.2) is 0 Å². The van der Waals surface area contributed by atoms with Crippen LogP contribution in [0.1, 0.15) is 6.42 Å². The topological polar surface area (TPSA) is 66.5 Å². The van der Waals surface area contributed by atoms with E-state index in [9.17, 15) is 14.4 Å². The van der Waals surface area contributed by atoms with Crippen molar-refractivity contribution in [1.82, 2.24) is 10.2 Å². The summed E-state index contributed by atoms with van der Waals surface area (Å²) in [5.41, 5.74) is 0. The minimum atomic E-state index is -0.350. The van der Waals surface area contributed by atoms with Crippen molar-refractivity contribution in [2.75, 3.05) is 19.0 Å². The van der Waals surface area contributed by atoms with E-state index in [4.69, 9.17) is 11.6 Å². The SMILES string of the molecule is O=C1NC(=O)C2CN(C(=O)CCCl)CC12. The molecule has 0 aromatic carbocycles. The molecule has 2 unspecified atom stereocenters. The molecule has 1 N–H and O–H groups in total. The van der Waals surface area contributed by atoms with Crippen molar-refractivity contribution < 1.29 is 14.4 Å². The fourth-order valence-electron chi connectivity index (χ4n) is 2.08. The lowest BCUT2D eigenvalue weighted by molar-refractivity contribution is -0.131. The maximum Gasteiger partial charge on any atom is 0.232 e. The largest absolute Gasteiger partial charge is 0.341 e. The molecule has 2 atom stereocenters. The molecule has 2 saturated heterocycles. The first-order valence-corrected chi connectivity index (χ1v) is 5.35. The second kappa shape index (κ2) is 3.81. The standard InChI is InChI=1S/C9H11ClN2O3/c10-2-1-7(13)12-3-5-6(4-12)9(15)11-8(5)14/h5-6H,1-4H2,(H,11,14,15). The van der Waals surface area contributed by atoms with Crippen LogP contribution < -0.4 is 5.32 Å². The highest BCUT2D eigenvalue weighted by atomic mass is 35.5. The second-order valence-electron chi connectivity index (χ2n) is 3.80. The third-order valence-corrected chi connectivity index (χ3v) is 3.09. The maximum atomic E-state index is 11.5. The second-order valence-corrected chi connectivity index (χ2v) is 4.18. The number of hydrogen-bond donors (Lipinski definition) is 1. The molecular weight excluding hydrogens is 220 g/mol. The number of imide groups is 1. The summed E-state index contributed by atoms with van der Waals surface area (Å²) in [7, 11) is 0. The highest BCUT2D eigenvalue weighted by Crippen LogP contribution is 2.28. The van der Waals surface area contributed by atoms with E-state index in [0.717, 1.165) is 0 Å². The lowest BCUT2D eigenvalue weighted by Gasteiger charge is -2.15. The fourth-order valence-corrected chi connectivity index (χ4v) is 2.25. The number of carbonyl (C=O) groups excluding carboxylic acids is 3. The molecule has 0 aliphatic carbocycles. The van der Waals surface area contributed by atoms with E-state index in [2.05, 4.69) is 5.32 Å². The van der Waals surface area contributed by atoms with E-state index in [1.807, 2.05) is 0 Å². The van der Waals surface area contributed by atoms with Gasteiger partial charge in [0.15, 0.2) is 0 Å². The van der Waals surface area contributed by atoms with Gasteiger partial charge in [-0.2, -0.15) is 0 Å². The molecule has 82 valence electrons. The number of nitrogens with one attached hydrogen (secondary N) is 1. The number of likely N-dealkylation sites (tertiary alicyclic amines) is 1. The van der Waals surface area contributed by atoms with Gasteiger partial charge in [-0.05, 0) is 0 Å². The number of rotatable bonds is 2. The van der Waals surface area contributed by atoms with Crippen LogP contribution in [0.5, 0.6) is 0 Å². The van der Waals surface area contributed by atoms with E-state index in [1.165, 1.54) is 0 Å². The summed E-state index contributed by atoms with van der Waals surface area (Å²) in [6.07, 6.45) is 0.261. The third-order valence-electron chi connectivity index (χ3n) is 2.90. The Morgan fingerprint density at radius 1 is 1.33 bits per heavy atom. The van der Waals surface area contributed by atoms with Crippen molar-refractivity contribution in [2.24, 2.45) is 11.8 Å². The van der Waals surface area contributed by atoms with Crippen molar-refractivity contribution in [3.05, 3.63) is 0 Å². The van der Waals surface area contributed by atoms with Crippen LogP contribution in [0.15, 0.2) is 0 Å². The quantitative estimate of drug-likeness (QED) is 0.506. The number of alkyl halides is 1. The zero-order chi connectivity index (χ0) is 11.0. The van der Waals surface area contributed by atoms with Crippen LogP contribution in [0.25, 0.3) is 0 Å². The maximum absolute atomic E-state index is 11.5. The van der Waals surface area contributed by atoms with Gasteiger partial charge in [0.05, 0.1) is 11.8 Å². The Labute approximate surface area is 91.7 Å². The first kappa shape index (κ1) is 10.4. The van der Waals surface area contributed by atoms with Gasteiger partial charge in [0.2, 0.25) is 17.7 Å². The Bertz CT molecular complexity index is 309. The number of amides is 3. The van der Waals surface area contributed by atoms with Crippen LogP contribution in [0.4, 0.5) is 0 Å². The highest BCUT2D eigenvalue weighted by molar-refractivity contribution is 6.19.